The molecule has 0 unspecified atom stereocenters. The number of benzene rings is 4. The molecule has 0 N–H and O–H groups in total. The van der Waals surface area contributed by atoms with E-state index in [1.54, 1.807) is 18.2 Å². The lowest BCUT2D eigenvalue weighted by molar-refractivity contribution is -0.123. The van der Waals surface area contributed by atoms with Crippen molar-refractivity contribution < 1.29 is 26.9 Å². The van der Waals surface area contributed by atoms with Crippen molar-refractivity contribution in [1.82, 2.24) is 4.90 Å². The molecule has 186 valence electrons. The molecule has 0 atom stereocenters. The third kappa shape index (κ3) is 5.23. The summed E-state index contributed by atoms with van der Waals surface area (Å²) in [6.07, 6.45) is 1.56. The number of carbonyl (C=O) groups excluding carboxylic acids is 2. The van der Waals surface area contributed by atoms with Crippen molar-refractivity contribution in [3.05, 3.63) is 107 Å². The quantitative estimate of drug-likeness (QED) is 0.218. The van der Waals surface area contributed by atoms with E-state index in [1.807, 2.05) is 42.5 Å². The number of thioether (sulfide) groups is 1. The van der Waals surface area contributed by atoms with Crippen LogP contribution < -0.4 is 8.92 Å². The van der Waals surface area contributed by atoms with Gasteiger partial charge in [-0.05, 0) is 76.1 Å². The van der Waals surface area contributed by atoms with Crippen molar-refractivity contribution in [2.45, 2.75) is 11.4 Å². The van der Waals surface area contributed by atoms with Crippen molar-refractivity contribution in [3.8, 4) is 11.5 Å². The summed E-state index contributed by atoms with van der Waals surface area (Å²) in [6.45, 7) is 0.159. The maximum Gasteiger partial charge on any atom is 0.339 e. The van der Waals surface area contributed by atoms with Crippen molar-refractivity contribution >= 4 is 49.9 Å². The fourth-order valence-corrected chi connectivity index (χ4v) is 5.72. The highest BCUT2D eigenvalue weighted by Gasteiger charge is 2.35. The van der Waals surface area contributed by atoms with Gasteiger partial charge in [0.15, 0.2) is 0 Å². The lowest BCUT2D eigenvalue weighted by Crippen LogP contribution is -2.27. The summed E-state index contributed by atoms with van der Waals surface area (Å²) >= 11 is 0.848. The molecule has 9 heteroatoms. The van der Waals surface area contributed by atoms with Crippen LogP contribution in [0.4, 0.5) is 4.79 Å². The molecule has 1 saturated heterocycles. The van der Waals surface area contributed by atoms with Crippen molar-refractivity contribution in [2.24, 2.45) is 0 Å². The Morgan fingerprint density at radius 3 is 2.38 bits per heavy atom. The zero-order valence-corrected chi connectivity index (χ0v) is 21.3. The second kappa shape index (κ2) is 10.1. The number of fused-ring (bicyclic) bond motifs is 1. The van der Waals surface area contributed by atoms with Crippen molar-refractivity contribution in [2.75, 3.05) is 7.11 Å². The Labute approximate surface area is 218 Å². The molecule has 4 aromatic rings. The minimum Gasteiger partial charge on any atom is -0.497 e. The molecule has 0 aliphatic carbocycles. The molecule has 7 nitrogen and oxygen atoms in total. The van der Waals surface area contributed by atoms with Crippen LogP contribution >= 0.6 is 11.8 Å². The number of hydrogen-bond acceptors (Lipinski definition) is 7. The van der Waals surface area contributed by atoms with E-state index >= 15 is 0 Å². The molecule has 1 heterocycles. The molecule has 0 saturated carbocycles. The molecule has 0 bridgehead atoms. The minimum absolute atomic E-state index is 0.0201. The molecule has 5 rings (SSSR count). The zero-order chi connectivity index (χ0) is 26.0. The van der Waals surface area contributed by atoms with E-state index in [0.717, 1.165) is 28.1 Å². The van der Waals surface area contributed by atoms with Gasteiger partial charge in [-0.1, -0.05) is 54.6 Å². The highest BCUT2D eigenvalue weighted by atomic mass is 32.2. The van der Waals surface area contributed by atoms with Gasteiger partial charge in [-0.15, -0.1) is 0 Å². The summed E-state index contributed by atoms with van der Waals surface area (Å²) < 4.78 is 35.7. The van der Waals surface area contributed by atoms with Crippen molar-refractivity contribution in [1.29, 1.82) is 0 Å². The minimum atomic E-state index is -4.07. The van der Waals surface area contributed by atoms with Gasteiger partial charge >= 0.3 is 10.1 Å². The second-order valence-electron chi connectivity index (χ2n) is 8.19. The normalized spacial score (nSPS) is 14.9. The molecule has 0 radical (unpaired) electrons. The summed E-state index contributed by atoms with van der Waals surface area (Å²) in [4.78, 5) is 27.2. The van der Waals surface area contributed by atoms with Crippen LogP contribution in [-0.2, 0) is 21.5 Å². The highest BCUT2D eigenvalue weighted by molar-refractivity contribution is 8.18. The SMILES string of the molecule is COc1ccc(S(=O)(=O)Oc2cccc(/C=C3\SC(=O)N(Cc4cccc5ccccc45)C3=O)c2)cc1. The fourth-order valence-electron chi connectivity index (χ4n) is 3.96. The van der Waals surface area contributed by atoms with Gasteiger partial charge in [0.25, 0.3) is 11.1 Å². The maximum absolute atomic E-state index is 13.1. The van der Waals surface area contributed by atoms with E-state index in [9.17, 15) is 18.0 Å². The van der Waals surface area contributed by atoms with Crippen LogP contribution in [0.1, 0.15) is 11.1 Å². The van der Waals surface area contributed by atoms with Crippen LogP contribution in [0, 0.1) is 0 Å². The van der Waals surface area contributed by atoms with Crippen LogP contribution in [0.2, 0.25) is 0 Å². The Balaban J connectivity index is 1.35. The number of amides is 2. The highest BCUT2D eigenvalue weighted by Crippen LogP contribution is 2.35. The molecule has 1 fully saturated rings. The van der Waals surface area contributed by atoms with Gasteiger partial charge in [-0.2, -0.15) is 8.42 Å². The number of imide groups is 1. The van der Waals surface area contributed by atoms with Gasteiger partial charge in [0.2, 0.25) is 0 Å². The van der Waals surface area contributed by atoms with Gasteiger partial charge in [0.1, 0.15) is 16.4 Å². The van der Waals surface area contributed by atoms with Gasteiger partial charge in [0, 0.05) is 0 Å². The van der Waals surface area contributed by atoms with Crippen LogP contribution in [0.3, 0.4) is 0 Å². The Bertz CT molecular complexity index is 1640. The van der Waals surface area contributed by atoms with Crippen molar-refractivity contribution in [3.63, 3.8) is 0 Å². The Morgan fingerprint density at radius 1 is 0.865 bits per heavy atom. The van der Waals surface area contributed by atoms with Crippen LogP contribution in [0.15, 0.2) is 101 Å². The monoisotopic (exact) mass is 531 g/mol. The first-order valence-corrected chi connectivity index (χ1v) is 13.5. The van der Waals surface area contributed by atoms with Gasteiger partial charge in [0.05, 0.1) is 18.6 Å². The predicted octanol–water partition coefficient (Wildman–Crippen LogP) is 5.85. The molecule has 1 aliphatic rings. The zero-order valence-electron chi connectivity index (χ0n) is 19.7. The molecular weight excluding hydrogens is 510 g/mol. The summed E-state index contributed by atoms with van der Waals surface area (Å²) in [5.41, 5.74) is 1.40. The van der Waals surface area contributed by atoms with Crippen LogP contribution in [0.5, 0.6) is 11.5 Å². The third-order valence-electron chi connectivity index (χ3n) is 5.79. The number of rotatable bonds is 7. The van der Waals surface area contributed by atoms with E-state index in [2.05, 4.69) is 0 Å². The second-order valence-corrected chi connectivity index (χ2v) is 10.7. The summed E-state index contributed by atoms with van der Waals surface area (Å²) in [7, 11) is -2.58. The molecule has 1 aliphatic heterocycles. The van der Waals surface area contributed by atoms with E-state index in [1.165, 1.54) is 48.4 Å². The Morgan fingerprint density at radius 2 is 1.59 bits per heavy atom. The molecule has 0 spiro atoms. The van der Waals surface area contributed by atoms with Gasteiger partial charge in [-0.25, -0.2) is 0 Å². The number of methoxy groups -OCH3 is 1. The topological polar surface area (TPSA) is 90.0 Å². The fraction of sp³-hybridized carbons (Fsp3) is 0.0714. The standard InChI is InChI=1S/C28H21NO6S2/c1-34-22-12-14-24(15-13-22)37(32,33)35-23-10-4-6-19(16-23)17-26-27(30)29(28(31)36-26)18-21-9-5-8-20-7-2-3-11-25(20)21/h2-17H,18H2,1H3/b26-17-. The Kier molecular flexibility index (Phi) is 6.73. The van der Waals surface area contributed by atoms with E-state index < -0.39 is 16.0 Å². The van der Waals surface area contributed by atoms with E-state index in [4.69, 9.17) is 8.92 Å². The van der Waals surface area contributed by atoms with Gasteiger partial charge in [-0.3, -0.25) is 14.5 Å². The van der Waals surface area contributed by atoms with Gasteiger partial charge < -0.3 is 8.92 Å². The number of nitrogens with zero attached hydrogens (tertiary/aromatic N) is 1. The maximum atomic E-state index is 13.1. The third-order valence-corrected chi connectivity index (χ3v) is 7.96. The average Bonchev–Trinajstić information content (AvgIpc) is 3.16. The van der Waals surface area contributed by atoms with E-state index in [-0.39, 0.29) is 27.3 Å². The Hall–Kier alpha value is -4.08. The summed E-state index contributed by atoms with van der Waals surface area (Å²) in [5, 5.41) is 1.65. The van der Waals surface area contributed by atoms with E-state index in [0.29, 0.717) is 11.3 Å². The number of ether oxygens (including phenoxy) is 1. The first-order valence-electron chi connectivity index (χ1n) is 11.2. The first-order chi connectivity index (χ1) is 17.8. The summed E-state index contributed by atoms with van der Waals surface area (Å²) in [6, 6.07) is 25.8. The lowest BCUT2D eigenvalue weighted by atomic mass is 10.0. The largest absolute Gasteiger partial charge is 0.497 e. The number of hydrogen-bond donors (Lipinski definition) is 0. The average molecular weight is 532 g/mol. The van der Waals surface area contributed by atoms with Crippen LogP contribution in [0.25, 0.3) is 16.8 Å². The molecule has 2 amide bonds. The molecule has 4 aromatic carbocycles. The molecular formula is C28H21NO6S2. The number of carbonyl (C=O) groups is 2. The molecule has 0 aromatic heterocycles. The smallest absolute Gasteiger partial charge is 0.339 e. The molecule has 37 heavy (non-hydrogen) atoms. The van der Waals surface area contributed by atoms with Crippen LogP contribution in [-0.4, -0.2) is 31.6 Å². The summed E-state index contributed by atoms with van der Waals surface area (Å²) in [5.74, 6) is 0.204. The first kappa shape index (κ1) is 24.6. The lowest BCUT2D eigenvalue weighted by Gasteiger charge is -2.14. The predicted molar refractivity (Wildman–Crippen MR) is 143 cm³/mol.